The van der Waals surface area contributed by atoms with E-state index >= 15 is 0 Å². The van der Waals surface area contributed by atoms with Crippen molar-refractivity contribution in [1.29, 1.82) is 0 Å². The Morgan fingerprint density at radius 2 is 1.94 bits per heavy atom. The molecule has 1 fully saturated rings. The fraction of sp³-hybridized carbons (Fsp3) is 0.458. The maximum atomic E-state index is 12.9. The lowest BCUT2D eigenvalue weighted by Gasteiger charge is -2.32. The normalized spacial score (nSPS) is 16.3. The summed E-state index contributed by atoms with van der Waals surface area (Å²) >= 11 is 0. The lowest BCUT2D eigenvalue weighted by molar-refractivity contribution is -0.121. The number of hydrogen-bond donors (Lipinski definition) is 1. The molecule has 0 saturated carbocycles. The van der Waals surface area contributed by atoms with Crippen LogP contribution in [0.3, 0.4) is 0 Å². The number of likely N-dealkylation sites (tertiary alicyclic amines) is 1. The summed E-state index contributed by atoms with van der Waals surface area (Å²) in [7, 11) is 1.64. The minimum Gasteiger partial charge on any atom is -0.493 e. The number of rotatable bonds is 8. The highest BCUT2D eigenvalue weighted by atomic mass is 19.1. The number of hydrogen-bond acceptors (Lipinski definition) is 5. The average Bonchev–Trinajstić information content (AvgIpc) is 3.26. The van der Waals surface area contributed by atoms with E-state index in [-0.39, 0.29) is 18.5 Å². The first-order valence-corrected chi connectivity index (χ1v) is 10.8. The van der Waals surface area contributed by atoms with E-state index < -0.39 is 0 Å². The van der Waals surface area contributed by atoms with Crippen LogP contribution in [0.25, 0.3) is 0 Å². The van der Waals surface area contributed by atoms with Gasteiger partial charge in [0, 0.05) is 19.5 Å². The van der Waals surface area contributed by atoms with Gasteiger partial charge >= 0.3 is 0 Å². The second-order valence-corrected chi connectivity index (χ2v) is 8.19. The Morgan fingerprint density at radius 1 is 1.16 bits per heavy atom. The topological polar surface area (TPSA) is 60.0 Å². The van der Waals surface area contributed by atoms with Crippen LogP contribution in [0, 0.1) is 11.7 Å². The molecule has 4 rings (SSSR count). The summed E-state index contributed by atoms with van der Waals surface area (Å²) in [4.78, 5) is 14.6. The number of piperidine rings is 1. The largest absolute Gasteiger partial charge is 0.493 e. The molecule has 0 radical (unpaired) electrons. The zero-order chi connectivity index (χ0) is 21.6. The standard InChI is InChI=1S/C24H29FN2O4/c1-29-21-12-19(13-22-24(21)31-16-30-22)15-27-10-8-17(9-11-27)4-7-23(28)26-14-18-2-5-20(25)6-3-18/h2-3,5-6,12-13,17H,4,7-11,14-16H2,1H3,(H,26,28). The summed E-state index contributed by atoms with van der Waals surface area (Å²) < 4.78 is 29.4. The van der Waals surface area contributed by atoms with Crippen LogP contribution in [-0.2, 0) is 17.9 Å². The van der Waals surface area contributed by atoms with Crippen molar-refractivity contribution in [3.63, 3.8) is 0 Å². The molecule has 31 heavy (non-hydrogen) atoms. The predicted octanol–water partition coefficient (Wildman–Crippen LogP) is 3.87. The minimum absolute atomic E-state index is 0.0548. The second kappa shape index (κ2) is 10.0. The molecule has 0 unspecified atom stereocenters. The number of nitrogens with zero attached hydrogens (tertiary/aromatic N) is 1. The molecular formula is C24H29FN2O4. The number of carbonyl (C=O) groups is 1. The van der Waals surface area contributed by atoms with Crippen LogP contribution in [0.1, 0.15) is 36.8 Å². The summed E-state index contributed by atoms with van der Waals surface area (Å²) in [5.74, 6) is 2.50. The summed E-state index contributed by atoms with van der Waals surface area (Å²) in [6.45, 7) is 3.55. The predicted molar refractivity (Wildman–Crippen MR) is 115 cm³/mol. The number of benzene rings is 2. The van der Waals surface area contributed by atoms with E-state index in [0.29, 0.717) is 30.4 Å². The van der Waals surface area contributed by atoms with E-state index in [1.807, 2.05) is 12.1 Å². The zero-order valence-corrected chi connectivity index (χ0v) is 17.9. The molecule has 1 N–H and O–H groups in total. The third kappa shape index (κ3) is 5.67. The number of methoxy groups -OCH3 is 1. The Hall–Kier alpha value is -2.80. The maximum Gasteiger partial charge on any atom is 0.231 e. The third-order valence-electron chi connectivity index (χ3n) is 6.01. The maximum absolute atomic E-state index is 12.9. The van der Waals surface area contributed by atoms with Crippen molar-refractivity contribution in [2.45, 2.75) is 38.8 Å². The van der Waals surface area contributed by atoms with Crippen molar-refractivity contribution in [1.82, 2.24) is 10.2 Å². The molecule has 6 nitrogen and oxygen atoms in total. The first-order valence-electron chi connectivity index (χ1n) is 10.8. The molecule has 0 atom stereocenters. The number of fused-ring (bicyclic) bond motifs is 1. The molecular weight excluding hydrogens is 399 g/mol. The Kier molecular flexibility index (Phi) is 6.92. The zero-order valence-electron chi connectivity index (χ0n) is 17.9. The fourth-order valence-corrected chi connectivity index (χ4v) is 4.19. The quantitative estimate of drug-likeness (QED) is 0.692. The van der Waals surface area contributed by atoms with Gasteiger partial charge < -0.3 is 19.5 Å². The molecule has 0 aliphatic carbocycles. The molecule has 2 heterocycles. The summed E-state index contributed by atoms with van der Waals surface area (Å²) in [5, 5.41) is 2.92. The van der Waals surface area contributed by atoms with Crippen LogP contribution in [0.4, 0.5) is 4.39 Å². The molecule has 166 valence electrons. The van der Waals surface area contributed by atoms with E-state index in [1.54, 1.807) is 19.2 Å². The second-order valence-electron chi connectivity index (χ2n) is 8.19. The van der Waals surface area contributed by atoms with Crippen molar-refractivity contribution in [3.05, 3.63) is 53.3 Å². The lowest BCUT2D eigenvalue weighted by atomic mass is 9.92. The van der Waals surface area contributed by atoms with Gasteiger partial charge in [-0.15, -0.1) is 0 Å². The van der Waals surface area contributed by atoms with E-state index in [9.17, 15) is 9.18 Å². The van der Waals surface area contributed by atoms with Gasteiger partial charge in [-0.3, -0.25) is 9.69 Å². The van der Waals surface area contributed by atoms with Gasteiger partial charge in [0.05, 0.1) is 7.11 Å². The average molecular weight is 429 g/mol. The molecule has 2 aromatic carbocycles. The van der Waals surface area contributed by atoms with Gasteiger partial charge in [-0.25, -0.2) is 4.39 Å². The number of ether oxygens (including phenoxy) is 3. The molecule has 7 heteroatoms. The molecule has 0 spiro atoms. The van der Waals surface area contributed by atoms with E-state index in [4.69, 9.17) is 14.2 Å². The first kappa shape index (κ1) is 21.4. The Bertz CT molecular complexity index is 895. The first-order chi connectivity index (χ1) is 15.1. The monoisotopic (exact) mass is 428 g/mol. The lowest BCUT2D eigenvalue weighted by Crippen LogP contribution is -2.33. The van der Waals surface area contributed by atoms with Crippen molar-refractivity contribution in [2.75, 3.05) is 27.0 Å². The molecule has 0 bridgehead atoms. The Labute approximate surface area is 182 Å². The molecule has 2 aromatic rings. The van der Waals surface area contributed by atoms with Crippen LogP contribution < -0.4 is 19.5 Å². The van der Waals surface area contributed by atoms with E-state index in [2.05, 4.69) is 10.2 Å². The highest BCUT2D eigenvalue weighted by Crippen LogP contribution is 2.42. The highest BCUT2D eigenvalue weighted by Gasteiger charge is 2.23. The fourth-order valence-electron chi connectivity index (χ4n) is 4.19. The molecule has 2 aliphatic heterocycles. The van der Waals surface area contributed by atoms with Crippen LogP contribution in [0.15, 0.2) is 36.4 Å². The molecule has 1 saturated heterocycles. The third-order valence-corrected chi connectivity index (χ3v) is 6.01. The van der Waals surface area contributed by atoms with Crippen molar-refractivity contribution in [3.8, 4) is 17.2 Å². The molecule has 1 amide bonds. The van der Waals surface area contributed by atoms with E-state index in [0.717, 1.165) is 55.8 Å². The molecule has 2 aliphatic rings. The SMILES string of the molecule is COc1cc(CN2CCC(CCC(=O)NCc3ccc(F)cc3)CC2)cc2c1OCO2. The van der Waals surface area contributed by atoms with Gasteiger partial charge in [0.25, 0.3) is 0 Å². The Balaban J connectivity index is 1.18. The number of carbonyl (C=O) groups excluding carboxylic acids is 1. The minimum atomic E-state index is -0.265. The van der Waals surface area contributed by atoms with Gasteiger partial charge in [0.2, 0.25) is 18.4 Å². The van der Waals surface area contributed by atoms with Crippen molar-refractivity contribution >= 4 is 5.91 Å². The van der Waals surface area contributed by atoms with Gasteiger partial charge in [0.1, 0.15) is 5.82 Å². The van der Waals surface area contributed by atoms with Crippen molar-refractivity contribution < 1.29 is 23.4 Å². The van der Waals surface area contributed by atoms with Gasteiger partial charge in [-0.2, -0.15) is 0 Å². The Morgan fingerprint density at radius 3 is 2.68 bits per heavy atom. The summed E-state index contributed by atoms with van der Waals surface area (Å²) in [6, 6.07) is 10.3. The summed E-state index contributed by atoms with van der Waals surface area (Å²) in [6.07, 6.45) is 3.62. The number of amides is 1. The summed E-state index contributed by atoms with van der Waals surface area (Å²) in [5.41, 5.74) is 2.06. The van der Waals surface area contributed by atoms with Crippen LogP contribution in [-0.4, -0.2) is 37.8 Å². The van der Waals surface area contributed by atoms with Gasteiger partial charge in [-0.1, -0.05) is 12.1 Å². The smallest absolute Gasteiger partial charge is 0.231 e. The van der Waals surface area contributed by atoms with Crippen LogP contribution in [0.5, 0.6) is 17.2 Å². The highest BCUT2D eigenvalue weighted by molar-refractivity contribution is 5.75. The van der Waals surface area contributed by atoms with Crippen LogP contribution in [0.2, 0.25) is 0 Å². The van der Waals surface area contributed by atoms with Crippen molar-refractivity contribution in [2.24, 2.45) is 5.92 Å². The molecule has 0 aromatic heterocycles. The number of halogens is 1. The number of nitrogens with one attached hydrogen (secondary N) is 1. The van der Waals surface area contributed by atoms with Gasteiger partial charge in [-0.05, 0) is 73.7 Å². The van der Waals surface area contributed by atoms with Gasteiger partial charge in [0.15, 0.2) is 11.5 Å². The van der Waals surface area contributed by atoms with E-state index in [1.165, 1.54) is 12.1 Å². The van der Waals surface area contributed by atoms with Crippen LogP contribution >= 0.6 is 0 Å².